The molecule has 0 saturated heterocycles. The summed E-state index contributed by atoms with van der Waals surface area (Å²) in [6, 6.07) is 10.9. The van der Waals surface area contributed by atoms with Gasteiger partial charge >= 0.3 is 0 Å². The van der Waals surface area contributed by atoms with Crippen molar-refractivity contribution in [3.63, 3.8) is 0 Å². The Morgan fingerprint density at radius 1 is 1.00 bits per heavy atom. The average Bonchev–Trinajstić information content (AvgIpc) is 2.81. The number of aryl methyl sites for hydroxylation is 1. The van der Waals surface area contributed by atoms with Gasteiger partial charge in [-0.15, -0.1) is 0 Å². The topological polar surface area (TPSA) is 4.93 Å². The fourth-order valence-electron chi connectivity index (χ4n) is 3.13. The number of hydrogen-bond donors (Lipinski definition) is 0. The van der Waals surface area contributed by atoms with E-state index in [-0.39, 0.29) is 0 Å². The van der Waals surface area contributed by atoms with Crippen LogP contribution in [0, 0.1) is 5.92 Å². The molecule has 0 spiro atoms. The maximum Gasteiger partial charge on any atom is 0.0480 e. The van der Waals surface area contributed by atoms with E-state index in [0.29, 0.717) is 0 Å². The number of aromatic nitrogens is 1. The Bertz CT molecular complexity index is 477. The Hall–Kier alpha value is -1.24. The van der Waals surface area contributed by atoms with Gasteiger partial charge in [-0.1, -0.05) is 50.3 Å². The maximum absolute atomic E-state index is 2.42. The van der Waals surface area contributed by atoms with E-state index < -0.39 is 0 Å². The summed E-state index contributed by atoms with van der Waals surface area (Å²) >= 11 is 0. The van der Waals surface area contributed by atoms with Crippen molar-refractivity contribution in [1.82, 2.24) is 4.57 Å². The van der Waals surface area contributed by atoms with Crippen molar-refractivity contribution in [3.05, 3.63) is 36.5 Å². The van der Waals surface area contributed by atoms with Gasteiger partial charge in [0.15, 0.2) is 0 Å². The number of para-hydroxylation sites is 1. The molecule has 1 aromatic heterocycles. The van der Waals surface area contributed by atoms with E-state index >= 15 is 0 Å². The van der Waals surface area contributed by atoms with Crippen molar-refractivity contribution < 1.29 is 0 Å². The van der Waals surface area contributed by atoms with E-state index in [1.807, 2.05) is 0 Å². The molecule has 17 heavy (non-hydrogen) atoms. The molecule has 90 valence electrons. The highest BCUT2D eigenvalue weighted by Crippen LogP contribution is 2.27. The van der Waals surface area contributed by atoms with Crippen LogP contribution in [-0.4, -0.2) is 4.57 Å². The molecule has 1 aliphatic rings. The molecule has 3 rings (SSSR count). The van der Waals surface area contributed by atoms with E-state index in [1.165, 1.54) is 56.0 Å². The van der Waals surface area contributed by atoms with Gasteiger partial charge in [-0.05, 0) is 29.9 Å². The third-order valence-electron chi connectivity index (χ3n) is 4.18. The van der Waals surface area contributed by atoms with Gasteiger partial charge < -0.3 is 4.57 Å². The minimum atomic E-state index is 0.977. The Kier molecular flexibility index (Phi) is 3.17. The Balaban J connectivity index is 1.68. The summed E-state index contributed by atoms with van der Waals surface area (Å²) in [6.45, 7) is 1.19. The molecule has 0 unspecified atom stereocenters. The monoisotopic (exact) mass is 227 g/mol. The second kappa shape index (κ2) is 4.95. The molecule has 1 saturated carbocycles. The van der Waals surface area contributed by atoms with Gasteiger partial charge in [0.1, 0.15) is 0 Å². The second-order valence-electron chi connectivity index (χ2n) is 5.36. The third-order valence-corrected chi connectivity index (χ3v) is 4.18. The first-order valence-corrected chi connectivity index (χ1v) is 6.97. The first-order chi connectivity index (χ1) is 8.43. The quantitative estimate of drug-likeness (QED) is 0.721. The highest BCUT2D eigenvalue weighted by molar-refractivity contribution is 5.79. The van der Waals surface area contributed by atoms with Crippen molar-refractivity contribution >= 4 is 10.9 Å². The minimum Gasteiger partial charge on any atom is -0.347 e. The maximum atomic E-state index is 2.42. The van der Waals surface area contributed by atoms with Crippen LogP contribution in [0.1, 0.15) is 38.5 Å². The molecular formula is C16H21N. The lowest BCUT2D eigenvalue weighted by Gasteiger charge is -2.21. The highest BCUT2D eigenvalue weighted by atomic mass is 14.9. The van der Waals surface area contributed by atoms with Crippen molar-refractivity contribution in [3.8, 4) is 0 Å². The Morgan fingerprint density at radius 3 is 2.71 bits per heavy atom. The fourth-order valence-corrected chi connectivity index (χ4v) is 3.13. The van der Waals surface area contributed by atoms with E-state index in [1.54, 1.807) is 0 Å². The zero-order chi connectivity index (χ0) is 11.5. The summed E-state index contributed by atoms with van der Waals surface area (Å²) < 4.78 is 2.42. The van der Waals surface area contributed by atoms with Crippen molar-refractivity contribution in [2.45, 2.75) is 45.1 Å². The van der Waals surface area contributed by atoms with Crippen LogP contribution in [0.5, 0.6) is 0 Å². The first kappa shape index (κ1) is 10.9. The third kappa shape index (κ3) is 2.38. The number of hydrogen-bond acceptors (Lipinski definition) is 0. The predicted molar refractivity (Wildman–Crippen MR) is 73.1 cm³/mol. The van der Waals surface area contributed by atoms with E-state index in [0.717, 1.165) is 5.92 Å². The van der Waals surface area contributed by atoms with Crippen LogP contribution in [-0.2, 0) is 6.54 Å². The lowest BCUT2D eigenvalue weighted by Crippen LogP contribution is -2.09. The number of fused-ring (bicyclic) bond motifs is 1. The largest absolute Gasteiger partial charge is 0.347 e. The standard InChI is InChI=1S/C16H21N/c1-2-6-14(7-3-1)10-12-17-13-11-15-8-4-5-9-16(15)17/h4-5,8-9,11,13-14H,1-3,6-7,10,12H2. The zero-order valence-electron chi connectivity index (χ0n) is 10.4. The molecule has 1 heterocycles. The molecule has 1 aliphatic carbocycles. The van der Waals surface area contributed by atoms with E-state index in [9.17, 15) is 0 Å². The number of nitrogens with zero attached hydrogens (tertiary/aromatic N) is 1. The van der Waals surface area contributed by atoms with Gasteiger partial charge in [-0.3, -0.25) is 0 Å². The molecule has 0 N–H and O–H groups in total. The van der Waals surface area contributed by atoms with E-state index in [4.69, 9.17) is 0 Å². The summed E-state index contributed by atoms with van der Waals surface area (Å²) in [4.78, 5) is 0. The minimum absolute atomic E-state index is 0.977. The molecule has 0 amide bonds. The van der Waals surface area contributed by atoms with E-state index in [2.05, 4.69) is 41.1 Å². The van der Waals surface area contributed by atoms with Crippen LogP contribution in [0.3, 0.4) is 0 Å². The van der Waals surface area contributed by atoms with Crippen LogP contribution in [0.15, 0.2) is 36.5 Å². The van der Waals surface area contributed by atoms with Gasteiger partial charge in [0.2, 0.25) is 0 Å². The molecule has 0 atom stereocenters. The molecule has 0 radical (unpaired) electrons. The van der Waals surface area contributed by atoms with Gasteiger partial charge in [-0.2, -0.15) is 0 Å². The van der Waals surface area contributed by atoms with Crippen LogP contribution in [0.2, 0.25) is 0 Å². The molecule has 1 nitrogen and oxygen atoms in total. The van der Waals surface area contributed by atoms with Gasteiger partial charge in [-0.25, -0.2) is 0 Å². The lowest BCUT2D eigenvalue weighted by atomic mass is 9.87. The first-order valence-electron chi connectivity index (χ1n) is 6.97. The van der Waals surface area contributed by atoms with Crippen molar-refractivity contribution in [2.24, 2.45) is 5.92 Å². The summed E-state index contributed by atoms with van der Waals surface area (Å²) in [5, 5.41) is 1.37. The number of rotatable bonds is 3. The van der Waals surface area contributed by atoms with Crippen LogP contribution < -0.4 is 0 Å². The molecular weight excluding hydrogens is 206 g/mol. The summed E-state index contributed by atoms with van der Waals surface area (Å²) in [7, 11) is 0. The van der Waals surface area contributed by atoms with Crippen molar-refractivity contribution in [2.75, 3.05) is 0 Å². The molecule has 0 aliphatic heterocycles. The summed E-state index contributed by atoms with van der Waals surface area (Å²) in [6.07, 6.45) is 10.9. The van der Waals surface area contributed by atoms with Crippen LogP contribution >= 0.6 is 0 Å². The fraction of sp³-hybridized carbons (Fsp3) is 0.500. The number of benzene rings is 1. The van der Waals surface area contributed by atoms with Gasteiger partial charge in [0.25, 0.3) is 0 Å². The van der Waals surface area contributed by atoms with Crippen molar-refractivity contribution in [1.29, 1.82) is 0 Å². The Labute approximate surface area is 103 Å². The highest BCUT2D eigenvalue weighted by Gasteiger charge is 2.13. The SMILES string of the molecule is c1ccc2c(c1)ccn2CCC1CCCCC1. The predicted octanol–water partition coefficient (Wildman–Crippen LogP) is 4.61. The summed E-state index contributed by atoms with van der Waals surface area (Å²) in [5.74, 6) is 0.977. The Morgan fingerprint density at radius 2 is 1.82 bits per heavy atom. The van der Waals surface area contributed by atoms with Gasteiger partial charge in [0.05, 0.1) is 0 Å². The molecule has 1 aromatic carbocycles. The molecule has 1 fully saturated rings. The van der Waals surface area contributed by atoms with Crippen LogP contribution in [0.25, 0.3) is 10.9 Å². The zero-order valence-corrected chi connectivity index (χ0v) is 10.4. The molecule has 0 bridgehead atoms. The average molecular weight is 227 g/mol. The smallest absolute Gasteiger partial charge is 0.0480 e. The normalized spacial score (nSPS) is 17.6. The van der Waals surface area contributed by atoms with Crippen LogP contribution in [0.4, 0.5) is 0 Å². The molecule has 1 heteroatoms. The second-order valence-corrected chi connectivity index (χ2v) is 5.36. The molecule has 2 aromatic rings. The lowest BCUT2D eigenvalue weighted by molar-refractivity contribution is 0.325. The summed E-state index contributed by atoms with van der Waals surface area (Å²) in [5.41, 5.74) is 1.39. The van der Waals surface area contributed by atoms with Gasteiger partial charge in [0, 0.05) is 18.3 Å².